The zero-order valence-corrected chi connectivity index (χ0v) is 14.6. The lowest BCUT2D eigenvalue weighted by Crippen LogP contribution is -1.97. The van der Waals surface area contributed by atoms with E-state index in [9.17, 15) is 0 Å². The third kappa shape index (κ3) is 4.54. The SMILES string of the molecule is COc1ccc(CN=NC(c2ccccc2)c2ccc(C)cc2)cc1. The van der Waals surface area contributed by atoms with Gasteiger partial charge in [-0.25, -0.2) is 0 Å². The van der Waals surface area contributed by atoms with E-state index in [1.165, 1.54) is 5.56 Å². The second kappa shape index (κ2) is 8.25. The summed E-state index contributed by atoms with van der Waals surface area (Å²) in [4.78, 5) is 0. The van der Waals surface area contributed by atoms with E-state index in [1.807, 2.05) is 42.5 Å². The Balaban J connectivity index is 1.80. The highest BCUT2D eigenvalue weighted by Gasteiger charge is 2.12. The molecule has 25 heavy (non-hydrogen) atoms. The van der Waals surface area contributed by atoms with Gasteiger partial charge in [-0.05, 0) is 35.7 Å². The molecule has 0 N–H and O–H groups in total. The zero-order valence-electron chi connectivity index (χ0n) is 14.6. The molecular formula is C22H22N2O. The highest BCUT2D eigenvalue weighted by Crippen LogP contribution is 2.27. The molecule has 3 aromatic rings. The maximum absolute atomic E-state index is 5.18. The van der Waals surface area contributed by atoms with Crippen molar-refractivity contribution in [2.24, 2.45) is 10.2 Å². The molecule has 0 heterocycles. The lowest BCUT2D eigenvalue weighted by atomic mass is 9.99. The van der Waals surface area contributed by atoms with Gasteiger partial charge in [-0.3, -0.25) is 0 Å². The van der Waals surface area contributed by atoms with Crippen LogP contribution >= 0.6 is 0 Å². The minimum Gasteiger partial charge on any atom is -0.497 e. The summed E-state index contributed by atoms with van der Waals surface area (Å²) in [6, 6.07) is 26.6. The van der Waals surface area contributed by atoms with Crippen LogP contribution in [0.25, 0.3) is 0 Å². The average molecular weight is 330 g/mol. The summed E-state index contributed by atoms with van der Waals surface area (Å²) in [5, 5.41) is 9.08. The molecule has 0 saturated heterocycles. The first-order valence-corrected chi connectivity index (χ1v) is 8.37. The van der Waals surface area contributed by atoms with Crippen molar-refractivity contribution >= 4 is 0 Å². The van der Waals surface area contributed by atoms with Gasteiger partial charge in [0.15, 0.2) is 0 Å². The van der Waals surface area contributed by atoms with Crippen LogP contribution in [-0.4, -0.2) is 7.11 Å². The van der Waals surface area contributed by atoms with Gasteiger partial charge in [-0.1, -0.05) is 72.3 Å². The Bertz CT molecular complexity index is 809. The smallest absolute Gasteiger partial charge is 0.121 e. The van der Waals surface area contributed by atoms with Gasteiger partial charge in [-0.15, -0.1) is 0 Å². The lowest BCUT2D eigenvalue weighted by Gasteiger charge is -2.12. The van der Waals surface area contributed by atoms with Gasteiger partial charge in [0.05, 0.1) is 13.7 Å². The number of methoxy groups -OCH3 is 1. The largest absolute Gasteiger partial charge is 0.497 e. The van der Waals surface area contributed by atoms with Crippen molar-refractivity contribution in [3.05, 3.63) is 101 Å². The van der Waals surface area contributed by atoms with Crippen LogP contribution in [0.15, 0.2) is 89.1 Å². The van der Waals surface area contributed by atoms with Crippen LogP contribution in [0.5, 0.6) is 5.75 Å². The van der Waals surface area contributed by atoms with E-state index in [1.54, 1.807) is 7.11 Å². The molecule has 3 aromatic carbocycles. The van der Waals surface area contributed by atoms with Crippen LogP contribution in [0.3, 0.4) is 0 Å². The number of azo groups is 1. The predicted molar refractivity (Wildman–Crippen MR) is 101 cm³/mol. The molecule has 0 fully saturated rings. The molecule has 1 unspecified atom stereocenters. The molecule has 0 aliphatic heterocycles. The fraction of sp³-hybridized carbons (Fsp3) is 0.182. The fourth-order valence-corrected chi connectivity index (χ4v) is 2.64. The van der Waals surface area contributed by atoms with Crippen LogP contribution in [0, 0.1) is 6.92 Å². The second-order valence-corrected chi connectivity index (χ2v) is 5.99. The first kappa shape index (κ1) is 16.9. The van der Waals surface area contributed by atoms with E-state index in [4.69, 9.17) is 4.74 Å². The van der Waals surface area contributed by atoms with Gasteiger partial charge >= 0.3 is 0 Å². The first-order valence-electron chi connectivity index (χ1n) is 8.37. The van der Waals surface area contributed by atoms with E-state index < -0.39 is 0 Å². The van der Waals surface area contributed by atoms with Crippen LogP contribution in [0.1, 0.15) is 28.3 Å². The molecule has 0 spiro atoms. The molecule has 0 aromatic heterocycles. The van der Waals surface area contributed by atoms with Gasteiger partial charge in [0.2, 0.25) is 0 Å². The van der Waals surface area contributed by atoms with E-state index in [2.05, 4.69) is 53.6 Å². The van der Waals surface area contributed by atoms with Crippen LogP contribution < -0.4 is 4.74 Å². The van der Waals surface area contributed by atoms with Gasteiger partial charge < -0.3 is 4.74 Å². The van der Waals surface area contributed by atoms with Crippen molar-refractivity contribution in [2.45, 2.75) is 19.5 Å². The van der Waals surface area contributed by atoms with Crippen LogP contribution in [0.4, 0.5) is 0 Å². The summed E-state index contributed by atoms with van der Waals surface area (Å²) in [6.07, 6.45) is 0. The van der Waals surface area contributed by atoms with Crippen LogP contribution in [0.2, 0.25) is 0 Å². The molecule has 0 aliphatic carbocycles. The quantitative estimate of drug-likeness (QED) is 0.530. The predicted octanol–water partition coefficient (Wildman–Crippen LogP) is 5.75. The first-order chi connectivity index (χ1) is 12.3. The Morgan fingerprint density at radius 2 is 1.44 bits per heavy atom. The number of benzene rings is 3. The van der Waals surface area contributed by atoms with Crippen molar-refractivity contribution in [2.75, 3.05) is 7.11 Å². The molecule has 0 saturated carbocycles. The van der Waals surface area contributed by atoms with E-state index in [0.717, 1.165) is 22.4 Å². The Morgan fingerprint density at radius 3 is 2.08 bits per heavy atom. The van der Waals surface area contributed by atoms with E-state index in [0.29, 0.717) is 6.54 Å². The standard InChI is InChI=1S/C22H22N2O/c1-17-8-12-20(13-9-17)22(19-6-4-3-5-7-19)24-23-16-18-10-14-21(25-2)15-11-18/h3-15,22H,16H2,1-2H3. The summed E-state index contributed by atoms with van der Waals surface area (Å²) in [5.74, 6) is 0.850. The third-order valence-corrected chi connectivity index (χ3v) is 4.12. The normalized spacial score (nSPS) is 12.2. The second-order valence-electron chi connectivity index (χ2n) is 5.99. The number of aryl methyl sites for hydroxylation is 1. The molecule has 1 atom stereocenters. The summed E-state index contributed by atoms with van der Waals surface area (Å²) < 4.78 is 5.18. The molecule has 0 aliphatic rings. The zero-order chi connectivity index (χ0) is 17.5. The summed E-state index contributed by atoms with van der Waals surface area (Å²) >= 11 is 0. The topological polar surface area (TPSA) is 34.0 Å². The maximum atomic E-state index is 5.18. The highest BCUT2D eigenvalue weighted by atomic mass is 16.5. The molecule has 3 heteroatoms. The monoisotopic (exact) mass is 330 g/mol. The van der Waals surface area contributed by atoms with Crippen molar-refractivity contribution in [3.63, 3.8) is 0 Å². The number of nitrogens with zero attached hydrogens (tertiary/aromatic N) is 2. The van der Waals surface area contributed by atoms with Crippen LogP contribution in [-0.2, 0) is 6.54 Å². The van der Waals surface area contributed by atoms with Gasteiger partial charge in [0, 0.05) is 0 Å². The Labute approximate surface area is 149 Å². The molecule has 126 valence electrons. The Kier molecular flexibility index (Phi) is 5.57. The number of ether oxygens (including phenoxy) is 1. The minimum absolute atomic E-state index is 0.0833. The molecule has 0 radical (unpaired) electrons. The lowest BCUT2D eigenvalue weighted by molar-refractivity contribution is 0.414. The van der Waals surface area contributed by atoms with Gasteiger partial charge in [-0.2, -0.15) is 10.2 Å². The molecular weight excluding hydrogens is 308 g/mol. The van der Waals surface area contributed by atoms with Crippen molar-refractivity contribution < 1.29 is 4.74 Å². The summed E-state index contributed by atoms with van der Waals surface area (Å²) in [5.41, 5.74) is 4.64. The average Bonchev–Trinajstić information content (AvgIpc) is 2.67. The van der Waals surface area contributed by atoms with Crippen molar-refractivity contribution in [1.29, 1.82) is 0 Å². The van der Waals surface area contributed by atoms with Gasteiger partial charge in [0.25, 0.3) is 0 Å². The number of rotatable bonds is 6. The molecule has 3 nitrogen and oxygen atoms in total. The summed E-state index contributed by atoms with van der Waals surface area (Å²) in [7, 11) is 1.67. The van der Waals surface area contributed by atoms with Crippen molar-refractivity contribution in [3.8, 4) is 5.75 Å². The number of hydrogen-bond donors (Lipinski definition) is 0. The highest BCUT2D eigenvalue weighted by molar-refractivity contribution is 5.33. The molecule has 0 amide bonds. The summed E-state index contributed by atoms with van der Waals surface area (Å²) in [6.45, 7) is 2.64. The minimum atomic E-state index is -0.0833. The van der Waals surface area contributed by atoms with Crippen molar-refractivity contribution in [1.82, 2.24) is 0 Å². The molecule has 0 bridgehead atoms. The van der Waals surface area contributed by atoms with E-state index in [-0.39, 0.29) is 6.04 Å². The van der Waals surface area contributed by atoms with Gasteiger partial charge in [0.1, 0.15) is 11.8 Å². The maximum Gasteiger partial charge on any atom is 0.121 e. The number of hydrogen-bond acceptors (Lipinski definition) is 3. The fourth-order valence-electron chi connectivity index (χ4n) is 2.64. The van der Waals surface area contributed by atoms with E-state index >= 15 is 0 Å². The molecule has 3 rings (SSSR count). The Morgan fingerprint density at radius 1 is 0.800 bits per heavy atom. The third-order valence-electron chi connectivity index (χ3n) is 4.12. The Hall–Kier alpha value is -2.94.